The minimum Gasteiger partial charge on any atom is -1.00 e. The van der Waals surface area contributed by atoms with Crippen molar-refractivity contribution >= 4 is 0 Å². The van der Waals surface area contributed by atoms with Crippen molar-refractivity contribution in [1.29, 1.82) is 0 Å². The number of aromatic hydroxyl groups is 1. The summed E-state index contributed by atoms with van der Waals surface area (Å²) in [5.41, 5.74) is 3.89. The van der Waals surface area contributed by atoms with Crippen molar-refractivity contribution in [2.24, 2.45) is 0 Å². The van der Waals surface area contributed by atoms with Crippen LogP contribution in [0.4, 0.5) is 0 Å². The molecule has 4 nitrogen and oxygen atoms in total. The molecule has 29 heavy (non-hydrogen) atoms. The Labute approximate surface area is 175 Å². The molecule has 0 amide bonds. The van der Waals surface area contributed by atoms with E-state index in [0.29, 0.717) is 0 Å². The molecule has 0 saturated heterocycles. The van der Waals surface area contributed by atoms with Crippen molar-refractivity contribution in [3.05, 3.63) is 91.0 Å². The number of phenols is 1. The van der Waals surface area contributed by atoms with Crippen molar-refractivity contribution < 1.29 is 26.6 Å². The number of phenolic OH excluding ortho intramolecular Hbond substituents is 1. The maximum absolute atomic E-state index is 9.65. The van der Waals surface area contributed by atoms with Crippen molar-refractivity contribution in [1.82, 2.24) is 5.16 Å². The molecule has 5 rings (SSSR count). The second kappa shape index (κ2) is 7.72. The zero-order valence-corrected chi connectivity index (χ0v) is 16.6. The number of nitrogens with zero attached hydrogens (tertiary/aromatic N) is 2. The van der Waals surface area contributed by atoms with E-state index in [1.54, 1.807) is 12.1 Å². The SMILES string of the molecule is Oc1ccc(-c2noc(C3(C[n+]4ccccc4)CC3)c2-c2ccccc2)cc1.[Cl-]. The van der Waals surface area contributed by atoms with Crippen molar-refractivity contribution in [3.8, 4) is 28.1 Å². The van der Waals surface area contributed by atoms with Crippen LogP contribution < -0.4 is 17.0 Å². The number of aromatic nitrogens is 2. The molecule has 2 aromatic carbocycles. The van der Waals surface area contributed by atoms with Gasteiger partial charge in [0.25, 0.3) is 0 Å². The van der Waals surface area contributed by atoms with Crippen LogP contribution in [0, 0.1) is 0 Å². The van der Waals surface area contributed by atoms with E-state index in [9.17, 15) is 5.11 Å². The minimum atomic E-state index is -0.0284. The number of hydrogen-bond acceptors (Lipinski definition) is 3. The number of pyridine rings is 1. The van der Waals surface area contributed by atoms with Crippen LogP contribution in [0.15, 0.2) is 89.7 Å². The highest BCUT2D eigenvalue weighted by Gasteiger charge is 2.53. The molecule has 1 saturated carbocycles. The van der Waals surface area contributed by atoms with Crippen LogP contribution in [0.3, 0.4) is 0 Å². The van der Waals surface area contributed by atoms with Crippen molar-refractivity contribution in [2.45, 2.75) is 24.8 Å². The lowest BCUT2D eigenvalue weighted by molar-refractivity contribution is -0.702. The summed E-state index contributed by atoms with van der Waals surface area (Å²) < 4.78 is 8.22. The predicted molar refractivity (Wildman–Crippen MR) is 107 cm³/mol. The fraction of sp³-hybridized carbons (Fsp3) is 0.167. The molecule has 0 radical (unpaired) electrons. The Morgan fingerprint density at radius 2 is 1.52 bits per heavy atom. The molecule has 0 spiro atoms. The van der Waals surface area contributed by atoms with Gasteiger partial charge >= 0.3 is 0 Å². The molecular formula is C24H21ClN2O2. The van der Waals surface area contributed by atoms with Gasteiger partial charge in [0.1, 0.15) is 11.4 Å². The minimum absolute atomic E-state index is 0. The van der Waals surface area contributed by atoms with Gasteiger partial charge in [-0.05, 0) is 42.7 Å². The third-order valence-corrected chi connectivity index (χ3v) is 5.49. The van der Waals surface area contributed by atoms with Gasteiger partial charge in [-0.15, -0.1) is 0 Å². The first-order valence-electron chi connectivity index (χ1n) is 9.54. The number of hydrogen-bond donors (Lipinski definition) is 1. The van der Waals surface area contributed by atoms with E-state index in [-0.39, 0.29) is 23.6 Å². The zero-order chi connectivity index (χ0) is 19.0. The summed E-state index contributed by atoms with van der Waals surface area (Å²) in [6.45, 7) is 0.873. The Balaban J connectivity index is 0.00000205. The van der Waals surface area contributed by atoms with E-state index in [1.807, 2.05) is 36.4 Å². The summed E-state index contributed by atoms with van der Waals surface area (Å²) in [6, 6.07) is 23.6. The molecule has 1 N–H and O–H groups in total. The summed E-state index contributed by atoms with van der Waals surface area (Å²) in [5.74, 6) is 1.20. The summed E-state index contributed by atoms with van der Waals surface area (Å²) in [4.78, 5) is 0. The molecule has 4 aromatic rings. The smallest absolute Gasteiger partial charge is 0.168 e. The summed E-state index contributed by atoms with van der Waals surface area (Å²) in [6.07, 6.45) is 6.36. The first-order valence-corrected chi connectivity index (χ1v) is 9.54. The topological polar surface area (TPSA) is 50.1 Å². The van der Waals surface area contributed by atoms with Gasteiger partial charge in [0.05, 0.1) is 11.0 Å². The second-order valence-electron chi connectivity index (χ2n) is 7.48. The average molecular weight is 405 g/mol. The van der Waals surface area contributed by atoms with Crippen LogP contribution in [0.25, 0.3) is 22.4 Å². The van der Waals surface area contributed by atoms with Gasteiger partial charge in [-0.1, -0.05) is 41.6 Å². The molecule has 1 aliphatic rings. The Morgan fingerprint density at radius 1 is 0.862 bits per heavy atom. The molecule has 2 aromatic heterocycles. The lowest BCUT2D eigenvalue weighted by Gasteiger charge is -2.11. The van der Waals surface area contributed by atoms with E-state index in [2.05, 4.69) is 46.4 Å². The van der Waals surface area contributed by atoms with Crippen molar-refractivity contribution in [3.63, 3.8) is 0 Å². The number of halogens is 1. The van der Waals surface area contributed by atoms with Gasteiger partial charge in [-0.25, -0.2) is 4.57 Å². The molecule has 5 heteroatoms. The highest BCUT2D eigenvalue weighted by Crippen LogP contribution is 2.53. The Bertz CT molecular complexity index is 1090. The second-order valence-corrected chi connectivity index (χ2v) is 7.48. The third-order valence-electron chi connectivity index (χ3n) is 5.49. The Morgan fingerprint density at radius 3 is 2.17 bits per heavy atom. The highest BCUT2D eigenvalue weighted by atomic mass is 35.5. The quantitative estimate of drug-likeness (QED) is 0.515. The van der Waals surface area contributed by atoms with Gasteiger partial charge in [-0.2, -0.15) is 0 Å². The fourth-order valence-corrected chi connectivity index (χ4v) is 3.84. The number of rotatable bonds is 5. The number of benzene rings is 2. The van der Waals surface area contributed by atoms with Gasteiger partial charge in [0.2, 0.25) is 0 Å². The Kier molecular flexibility index (Phi) is 5.12. The molecule has 146 valence electrons. The van der Waals surface area contributed by atoms with Crippen LogP contribution in [0.2, 0.25) is 0 Å². The van der Waals surface area contributed by atoms with Gasteiger partial charge < -0.3 is 22.0 Å². The lowest BCUT2D eigenvalue weighted by Crippen LogP contribution is -3.00. The highest BCUT2D eigenvalue weighted by molar-refractivity contribution is 5.83. The largest absolute Gasteiger partial charge is 1.00 e. The molecule has 1 fully saturated rings. The molecule has 2 heterocycles. The van der Waals surface area contributed by atoms with E-state index < -0.39 is 0 Å². The monoisotopic (exact) mass is 404 g/mol. The molecule has 1 aliphatic carbocycles. The maximum Gasteiger partial charge on any atom is 0.168 e. The molecule has 0 aliphatic heterocycles. The van der Waals surface area contributed by atoms with Gasteiger partial charge in [-0.3, -0.25) is 0 Å². The van der Waals surface area contributed by atoms with Crippen molar-refractivity contribution in [2.75, 3.05) is 0 Å². The maximum atomic E-state index is 9.65. The van der Waals surface area contributed by atoms with E-state index >= 15 is 0 Å². The van der Waals surface area contributed by atoms with Crippen LogP contribution in [-0.2, 0) is 12.0 Å². The van der Waals surface area contributed by atoms with Crippen LogP contribution >= 0.6 is 0 Å². The summed E-state index contributed by atoms with van der Waals surface area (Å²) in [7, 11) is 0. The molecule has 0 atom stereocenters. The van der Waals surface area contributed by atoms with E-state index in [0.717, 1.165) is 47.5 Å². The average Bonchev–Trinajstić information content (AvgIpc) is 3.37. The fourth-order valence-electron chi connectivity index (χ4n) is 3.84. The Hall–Kier alpha value is -3.11. The first-order chi connectivity index (χ1) is 13.8. The van der Waals surface area contributed by atoms with E-state index in [4.69, 9.17) is 4.52 Å². The predicted octanol–water partition coefficient (Wildman–Crippen LogP) is 1.74. The van der Waals surface area contributed by atoms with E-state index in [1.165, 1.54) is 0 Å². The summed E-state index contributed by atoms with van der Waals surface area (Å²) in [5, 5.41) is 14.1. The normalized spacial score (nSPS) is 14.2. The lowest BCUT2D eigenvalue weighted by atomic mass is 9.91. The third kappa shape index (κ3) is 3.64. The zero-order valence-electron chi connectivity index (χ0n) is 15.8. The summed E-state index contributed by atoms with van der Waals surface area (Å²) >= 11 is 0. The standard InChI is InChI=1S/C24H20N2O2.ClH/c27-20-11-9-19(10-12-20)22-21(18-7-3-1-4-8-18)23(28-25-22)24(13-14-24)17-26-15-5-2-6-16-26;/h1-12,15-16H,13-14,17H2;1H. The molecule has 0 bridgehead atoms. The molecular weight excluding hydrogens is 384 g/mol. The van der Waals surface area contributed by atoms with Crippen LogP contribution in [0.5, 0.6) is 5.75 Å². The molecule has 0 unspecified atom stereocenters. The first kappa shape index (κ1) is 19.2. The van der Waals surface area contributed by atoms with Gasteiger partial charge in [0, 0.05) is 17.7 Å². The van der Waals surface area contributed by atoms with Crippen LogP contribution in [-0.4, -0.2) is 10.3 Å². The van der Waals surface area contributed by atoms with Crippen LogP contribution in [0.1, 0.15) is 18.6 Å². The van der Waals surface area contributed by atoms with Gasteiger partial charge in [0.15, 0.2) is 24.7 Å².